The number of carbonyl (C=O) groups excluding carboxylic acids is 2. The molecule has 0 aliphatic carbocycles. The molecule has 0 bridgehead atoms. The van der Waals surface area contributed by atoms with Crippen LogP contribution in [0.4, 0.5) is 5.69 Å². The molecule has 0 spiro atoms. The van der Waals surface area contributed by atoms with E-state index in [1.807, 2.05) is 42.5 Å². The van der Waals surface area contributed by atoms with Gasteiger partial charge in [-0.1, -0.05) is 36.4 Å². The molecule has 2 N–H and O–H groups in total. The van der Waals surface area contributed by atoms with Gasteiger partial charge in [-0.25, -0.2) is 0 Å². The molecule has 6 heteroatoms. The minimum absolute atomic E-state index is 0.0142. The van der Waals surface area contributed by atoms with Crippen LogP contribution < -0.4 is 5.32 Å². The number of nitrogens with zero attached hydrogens (tertiary/aromatic N) is 1. The normalized spacial score (nSPS) is 17.2. The van der Waals surface area contributed by atoms with Crippen molar-refractivity contribution in [2.24, 2.45) is 5.92 Å². The maximum Gasteiger partial charge on any atom is 0.308 e. The van der Waals surface area contributed by atoms with E-state index in [9.17, 15) is 14.4 Å². The smallest absolute Gasteiger partial charge is 0.308 e. The summed E-state index contributed by atoms with van der Waals surface area (Å²) in [5.74, 6) is -2.04. The zero-order chi connectivity index (χ0) is 17.1. The summed E-state index contributed by atoms with van der Waals surface area (Å²) in [6, 6.07) is 13.4. The van der Waals surface area contributed by atoms with E-state index in [0.717, 1.165) is 16.5 Å². The highest BCUT2D eigenvalue weighted by atomic mass is 16.4. The molecule has 1 fully saturated rings. The number of carbonyl (C=O) groups is 3. The van der Waals surface area contributed by atoms with E-state index in [0.29, 0.717) is 0 Å². The standard InChI is InChI=1S/C18H18N2O4/c21-16(8-9-20-11-13(18(23)24)10-17(20)22)19-15-7-3-5-12-4-1-2-6-14(12)15/h1-7,13H,8-11H2,(H,19,21)(H,23,24)/t13-/m1/s1. The van der Waals surface area contributed by atoms with Crippen LogP contribution in [0.2, 0.25) is 0 Å². The lowest BCUT2D eigenvalue weighted by Gasteiger charge is -2.16. The predicted octanol–water partition coefficient (Wildman–Crippen LogP) is 2.10. The summed E-state index contributed by atoms with van der Waals surface area (Å²) in [5.41, 5.74) is 0.731. The Morgan fingerprint density at radius 3 is 2.67 bits per heavy atom. The summed E-state index contributed by atoms with van der Waals surface area (Å²) < 4.78 is 0. The fourth-order valence-corrected chi connectivity index (χ4v) is 2.94. The van der Waals surface area contributed by atoms with Crippen LogP contribution >= 0.6 is 0 Å². The second-order valence-corrected chi connectivity index (χ2v) is 5.90. The average molecular weight is 326 g/mol. The Balaban J connectivity index is 1.60. The molecule has 3 rings (SSSR count). The van der Waals surface area contributed by atoms with E-state index in [-0.39, 0.29) is 37.7 Å². The van der Waals surface area contributed by atoms with Gasteiger partial charge in [0.25, 0.3) is 0 Å². The molecule has 2 aromatic rings. The summed E-state index contributed by atoms with van der Waals surface area (Å²) in [6.45, 7) is 0.412. The minimum Gasteiger partial charge on any atom is -0.481 e. The monoisotopic (exact) mass is 326 g/mol. The number of rotatable bonds is 5. The first-order valence-electron chi connectivity index (χ1n) is 7.83. The van der Waals surface area contributed by atoms with Gasteiger partial charge in [-0.05, 0) is 11.5 Å². The number of hydrogen-bond acceptors (Lipinski definition) is 3. The van der Waals surface area contributed by atoms with Crippen molar-refractivity contribution in [3.8, 4) is 0 Å². The average Bonchev–Trinajstić information content (AvgIpc) is 2.95. The van der Waals surface area contributed by atoms with Crippen molar-refractivity contribution in [1.29, 1.82) is 0 Å². The van der Waals surface area contributed by atoms with Gasteiger partial charge in [-0.15, -0.1) is 0 Å². The zero-order valence-electron chi connectivity index (χ0n) is 13.1. The molecule has 1 aliphatic heterocycles. The van der Waals surface area contributed by atoms with Crippen LogP contribution in [0.3, 0.4) is 0 Å². The third kappa shape index (κ3) is 3.37. The van der Waals surface area contributed by atoms with Crippen LogP contribution in [0.15, 0.2) is 42.5 Å². The molecule has 1 saturated heterocycles. The third-order valence-electron chi connectivity index (χ3n) is 4.24. The SMILES string of the molecule is O=C(CCN1C[C@H](C(=O)O)CC1=O)Nc1cccc2ccccc12. The van der Waals surface area contributed by atoms with Gasteiger partial charge in [0.15, 0.2) is 0 Å². The lowest BCUT2D eigenvalue weighted by molar-refractivity contribution is -0.141. The Kier molecular flexibility index (Phi) is 4.46. The van der Waals surface area contributed by atoms with Crippen LogP contribution in [0.1, 0.15) is 12.8 Å². The molecule has 2 aromatic carbocycles. The Labute approximate surface area is 139 Å². The first-order chi connectivity index (χ1) is 11.5. The highest BCUT2D eigenvalue weighted by molar-refractivity contribution is 6.02. The number of carboxylic acid groups (broad SMARTS) is 1. The fraction of sp³-hybridized carbons (Fsp3) is 0.278. The number of anilines is 1. The number of amides is 2. The minimum atomic E-state index is -0.967. The topological polar surface area (TPSA) is 86.7 Å². The summed E-state index contributed by atoms with van der Waals surface area (Å²) in [7, 11) is 0. The fourth-order valence-electron chi connectivity index (χ4n) is 2.94. The van der Waals surface area contributed by atoms with E-state index in [2.05, 4.69) is 5.32 Å². The molecule has 24 heavy (non-hydrogen) atoms. The van der Waals surface area contributed by atoms with E-state index in [1.165, 1.54) is 4.90 Å². The van der Waals surface area contributed by atoms with Crippen molar-refractivity contribution in [3.63, 3.8) is 0 Å². The quantitative estimate of drug-likeness (QED) is 0.881. The highest BCUT2D eigenvalue weighted by Crippen LogP contribution is 2.23. The molecule has 2 amide bonds. The lowest BCUT2D eigenvalue weighted by Crippen LogP contribution is -2.30. The molecule has 1 heterocycles. The molecule has 1 aliphatic rings. The van der Waals surface area contributed by atoms with Gasteiger partial charge in [-0.3, -0.25) is 14.4 Å². The maximum atomic E-state index is 12.2. The number of hydrogen-bond donors (Lipinski definition) is 2. The second-order valence-electron chi connectivity index (χ2n) is 5.90. The number of likely N-dealkylation sites (tertiary alicyclic amines) is 1. The summed E-state index contributed by atoms with van der Waals surface area (Å²) in [6.07, 6.45) is 0.154. The molecular formula is C18H18N2O4. The van der Waals surface area contributed by atoms with Crippen LogP contribution in [-0.4, -0.2) is 40.9 Å². The molecule has 124 valence electrons. The Morgan fingerprint density at radius 2 is 1.92 bits per heavy atom. The molecule has 0 saturated carbocycles. The van der Waals surface area contributed by atoms with Gasteiger partial charge in [0.05, 0.1) is 5.92 Å². The largest absolute Gasteiger partial charge is 0.481 e. The summed E-state index contributed by atoms with van der Waals surface area (Å²) in [4.78, 5) is 36.3. The zero-order valence-corrected chi connectivity index (χ0v) is 13.1. The Morgan fingerprint density at radius 1 is 1.17 bits per heavy atom. The molecular weight excluding hydrogens is 308 g/mol. The van der Waals surface area contributed by atoms with Crippen molar-refractivity contribution in [2.45, 2.75) is 12.8 Å². The predicted molar refractivity (Wildman–Crippen MR) is 89.5 cm³/mol. The molecule has 6 nitrogen and oxygen atoms in total. The van der Waals surface area contributed by atoms with Crippen molar-refractivity contribution in [3.05, 3.63) is 42.5 Å². The maximum absolute atomic E-state index is 12.2. The number of aliphatic carboxylic acids is 1. The number of carboxylic acids is 1. The highest BCUT2D eigenvalue weighted by Gasteiger charge is 2.34. The van der Waals surface area contributed by atoms with Crippen molar-refractivity contribution >= 4 is 34.2 Å². The van der Waals surface area contributed by atoms with Gasteiger partial charge in [0, 0.05) is 37.0 Å². The van der Waals surface area contributed by atoms with Crippen LogP contribution in [-0.2, 0) is 14.4 Å². The van der Waals surface area contributed by atoms with Crippen LogP contribution in [0, 0.1) is 5.92 Å². The van der Waals surface area contributed by atoms with E-state index in [1.54, 1.807) is 0 Å². The van der Waals surface area contributed by atoms with Gasteiger partial charge >= 0.3 is 5.97 Å². The molecule has 0 radical (unpaired) electrons. The lowest BCUT2D eigenvalue weighted by atomic mass is 10.1. The Hall–Kier alpha value is -2.89. The second kappa shape index (κ2) is 6.70. The van der Waals surface area contributed by atoms with Crippen molar-refractivity contribution < 1.29 is 19.5 Å². The molecule has 0 aromatic heterocycles. The van der Waals surface area contributed by atoms with Gasteiger partial charge < -0.3 is 15.3 Å². The number of fused-ring (bicyclic) bond motifs is 1. The van der Waals surface area contributed by atoms with Crippen LogP contribution in [0.25, 0.3) is 10.8 Å². The van der Waals surface area contributed by atoms with E-state index in [4.69, 9.17) is 5.11 Å². The van der Waals surface area contributed by atoms with Gasteiger partial charge in [-0.2, -0.15) is 0 Å². The van der Waals surface area contributed by atoms with E-state index >= 15 is 0 Å². The number of benzene rings is 2. The van der Waals surface area contributed by atoms with Crippen molar-refractivity contribution in [1.82, 2.24) is 4.90 Å². The Bertz CT molecular complexity index is 797. The first-order valence-corrected chi connectivity index (χ1v) is 7.83. The third-order valence-corrected chi connectivity index (χ3v) is 4.24. The van der Waals surface area contributed by atoms with Gasteiger partial charge in [0.1, 0.15) is 0 Å². The number of nitrogens with one attached hydrogen (secondary N) is 1. The van der Waals surface area contributed by atoms with Crippen molar-refractivity contribution in [2.75, 3.05) is 18.4 Å². The first kappa shape index (κ1) is 16.0. The molecule has 1 atom stereocenters. The molecule has 0 unspecified atom stereocenters. The summed E-state index contributed by atoms with van der Waals surface area (Å²) in [5, 5.41) is 13.8. The van der Waals surface area contributed by atoms with Gasteiger partial charge in [0.2, 0.25) is 11.8 Å². The summed E-state index contributed by atoms with van der Waals surface area (Å²) >= 11 is 0. The van der Waals surface area contributed by atoms with Crippen LogP contribution in [0.5, 0.6) is 0 Å². The van der Waals surface area contributed by atoms with E-state index < -0.39 is 11.9 Å².